The van der Waals surface area contributed by atoms with Crippen molar-refractivity contribution in [2.24, 2.45) is 5.73 Å². The van der Waals surface area contributed by atoms with Crippen molar-refractivity contribution in [3.05, 3.63) is 36.4 Å². The van der Waals surface area contributed by atoms with Crippen molar-refractivity contribution in [3.63, 3.8) is 0 Å². The summed E-state index contributed by atoms with van der Waals surface area (Å²) in [5.41, 5.74) is 7.87. The number of aromatic nitrogens is 2. The summed E-state index contributed by atoms with van der Waals surface area (Å²) in [6.45, 7) is 5.63. The minimum Gasteiger partial charge on any atom is -0.323 e. The van der Waals surface area contributed by atoms with Crippen LogP contribution in [0.4, 0.5) is 0 Å². The van der Waals surface area contributed by atoms with Crippen LogP contribution in [0.2, 0.25) is 0 Å². The minimum atomic E-state index is 0.0248. The smallest absolute Gasteiger partial charge is 0.0754 e. The molecule has 0 saturated heterocycles. The quantitative estimate of drug-likeness (QED) is 0.566. The maximum atomic E-state index is 6.04. The molecule has 0 aromatic carbocycles. The standard InChI is InChI=1S/C13H21N3/c1-3-4-5-6-7-8-12(14)13-10-15-11(2)9-16-13/h3,9-10,12H,1,4-8,14H2,2H3. The van der Waals surface area contributed by atoms with Crippen molar-refractivity contribution in [1.29, 1.82) is 0 Å². The number of aryl methyl sites for hydroxylation is 1. The van der Waals surface area contributed by atoms with E-state index in [1.165, 1.54) is 12.8 Å². The summed E-state index contributed by atoms with van der Waals surface area (Å²) in [5.74, 6) is 0. The van der Waals surface area contributed by atoms with Gasteiger partial charge in [0, 0.05) is 12.2 Å². The molecule has 16 heavy (non-hydrogen) atoms. The van der Waals surface area contributed by atoms with Crippen LogP contribution in [0.1, 0.15) is 49.5 Å². The zero-order chi connectivity index (χ0) is 11.8. The lowest BCUT2D eigenvalue weighted by Gasteiger charge is -2.10. The molecule has 0 amide bonds. The maximum Gasteiger partial charge on any atom is 0.0754 e. The SMILES string of the molecule is C=CCCCCCC(N)c1cnc(C)cn1. The number of nitrogens with two attached hydrogens (primary N) is 1. The molecule has 1 unspecified atom stereocenters. The van der Waals surface area contributed by atoms with Crippen LogP contribution in [0.15, 0.2) is 25.0 Å². The van der Waals surface area contributed by atoms with Gasteiger partial charge in [0.25, 0.3) is 0 Å². The van der Waals surface area contributed by atoms with Gasteiger partial charge in [-0.15, -0.1) is 6.58 Å². The summed E-state index contributed by atoms with van der Waals surface area (Å²) in [6, 6.07) is 0.0248. The topological polar surface area (TPSA) is 51.8 Å². The summed E-state index contributed by atoms with van der Waals surface area (Å²) in [6.07, 6.45) is 11.1. The van der Waals surface area contributed by atoms with Crippen molar-refractivity contribution in [1.82, 2.24) is 9.97 Å². The predicted molar refractivity (Wildman–Crippen MR) is 67.0 cm³/mol. The van der Waals surface area contributed by atoms with Gasteiger partial charge >= 0.3 is 0 Å². The second-order valence-electron chi connectivity index (χ2n) is 4.12. The van der Waals surface area contributed by atoms with Crippen LogP contribution in [-0.2, 0) is 0 Å². The number of rotatable bonds is 7. The highest BCUT2D eigenvalue weighted by Crippen LogP contribution is 2.15. The molecule has 1 aromatic heterocycles. The van der Waals surface area contributed by atoms with Crippen LogP contribution in [-0.4, -0.2) is 9.97 Å². The third kappa shape index (κ3) is 4.53. The number of hydrogen-bond donors (Lipinski definition) is 1. The summed E-state index contributed by atoms with van der Waals surface area (Å²) in [5, 5.41) is 0. The van der Waals surface area contributed by atoms with Gasteiger partial charge in [0.1, 0.15) is 0 Å². The Balaban J connectivity index is 2.26. The molecule has 0 aliphatic rings. The molecule has 0 radical (unpaired) electrons. The molecule has 0 spiro atoms. The van der Waals surface area contributed by atoms with Gasteiger partial charge in [0.05, 0.1) is 17.6 Å². The Bertz CT molecular complexity index is 305. The van der Waals surface area contributed by atoms with Crippen LogP contribution >= 0.6 is 0 Å². The Hall–Kier alpha value is -1.22. The summed E-state index contributed by atoms with van der Waals surface area (Å²) >= 11 is 0. The molecule has 0 aliphatic heterocycles. The van der Waals surface area contributed by atoms with E-state index in [4.69, 9.17) is 5.73 Å². The average Bonchev–Trinajstić information content (AvgIpc) is 2.29. The van der Waals surface area contributed by atoms with E-state index in [0.29, 0.717) is 0 Å². The molecule has 3 nitrogen and oxygen atoms in total. The first-order chi connectivity index (χ1) is 7.74. The van der Waals surface area contributed by atoms with Crippen molar-refractivity contribution in [3.8, 4) is 0 Å². The zero-order valence-corrected chi connectivity index (χ0v) is 10.0. The Morgan fingerprint density at radius 2 is 2.12 bits per heavy atom. The van der Waals surface area contributed by atoms with Gasteiger partial charge in [-0.3, -0.25) is 9.97 Å². The monoisotopic (exact) mass is 219 g/mol. The average molecular weight is 219 g/mol. The molecule has 1 heterocycles. The fourth-order valence-corrected chi connectivity index (χ4v) is 1.57. The lowest BCUT2D eigenvalue weighted by molar-refractivity contribution is 0.561. The maximum absolute atomic E-state index is 6.04. The second-order valence-corrected chi connectivity index (χ2v) is 4.12. The molecule has 0 fully saturated rings. The molecule has 88 valence electrons. The molecule has 0 bridgehead atoms. The van der Waals surface area contributed by atoms with Crippen LogP contribution in [0.25, 0.3) is 0 Å². The Kier molecular flexibility index (Phi) is 5.72. The fraction of sp³-hybridized carbons (Fsp3) is 0.538. The molecule has 1 aromatic rings. The van der Waals surface area contributed by atoms with Gasteiger partial charge in [0.2, 0.25) is 0 Å². The van der Waals surface area contributed by atoms with Crippen molar-refractivity contribution in [2.45, 2.75) is 45.1 Å². The first-order valence-electron chi connectivity index (χ1n) is 5.89. The van der Waals surface area contributed by atoms with Gasteiger partial charge in [-0.2, -0.15) is 0 Å². The van der Waals surface area contributed by atoms with Crippen molar-refractivity contribution in [2.75, 3.05) is 0 Å². The predicted octanol–water partition coefficient (Wildman–Crippen LogP) is 2.92. The summed E-state index contributed by atoms with van der Waals surface area (Å²) in [4.78, 5) is 8.49. The van der Waals surface area contributed by atoms with E-state index in [1.54, 1.807) is 12.4 Å². The highest BCUT2D eigenvalue weighted by atomic mass is 14.8. The highest BCUT2D eigenvalue weighted by molar-refractivity contribution is 5.04. The van der Waals surface area contributed by atoms with Gasteiger partial charge in [-0.05, 0) is 26.2 Å². The molecular weight excluding hydrogens is 198 g/mol. The second kappa shape index (κ2) is 7.12. The van der Waals surface area contributed by atoms with E-state index in [0.717, 1.165) is 30.7 Å². The lowest BCUT2D eigenvalue weighted by Crippen LogP contribution is -2.12. The molecular formula is C13H21N3. The van der Waals surface area contributed by atoms with E-state index in [1.807, 2.05) is 13.0 Å². The Morgan fingerprint density at radius 3 is 2.75 bits per heavy atom. The fourth-order valence-electron chi connectivity index (χ4n) is 1.57. The van der Waals surface area contributed by atoms with Gasteiger partial charge in [0.15, 0.2) is 0 Å². The molecule has 1 rings (SSSR count). The van der Waals surface area contributed by atoms with E-state index >= 15 is 0 Å². The van der Waals surface area contributed by atoms with E-state index in [2.05, 4.69) is 16.5 Å². The summed E-state index contributed by atoms with van der Waals surface area (Å²) in [7, 11) is 0. The molecule has 1 atom stereocenters. The van der Waals surface area contributed by atoms with Crippen LogP contribution in [0.5, 0.6) is 0 Å². The van der Waals surface area contributed by atoms with Crippen molar-refractivity contribution < 1.29 is 0 Å². The van der Waals surface area contributed by atoms with Crippen LogP contribution < -0.4 is 5.73 Å². The third-order valence-corrected chi connectivity index (χ3v) is 2.60. The zero-order valence-electron chi connectivity index (χ0n) is 10.0. The summed E-state index contributed by atoms with van der Waals surface area (Å²) < 4.78 is 0. The first kappa shape index (κ1) is 12.8. The molecule has 0 saturated carbocycles. The first-order valence-corrected chi connectivity index (χ1v) is 5.89. The van der Waals surface area contributed by atoms with E-state index < -0.39 is 0 Å². The van der Waals surface area contributed by atoms with Crippen LogP contribution in [0, 0.1) is 6.92 Å². The highest BCUT2D eigenvalue weighted by Gasteiger charge is 2.06. The number of nitrogens with zero attached hydrogens (tertiary/aromatic N) is 2. The normalized spacial score (nSPS) is 12.4. The molecule has 0 aliphatic carbocycles. The minimum absolute atomic E-state index is 0.0248. The third-order valence-electron chi connectivity index (χ3n) is 2.60. The van der Waals surface area contributed by atoms with E-state index in [9.17, 15) is 0 Å². The number of unbranched alkanes of at least 4 members (excludes halogenated alkanes) is 3. The molecule has 3 heteroatoms. The Labute approximate surface area is 97.8 Å². The molecule has 2 N–H and O–H groups in total. The van der Waals surface area contributed by atoms with E-state index in [-0.39, 0.29) is 6.04 Å². The van der Waals surface area contributed by atoms with Crippen LogP contribution in [0.3, 0.4) is 0 Å². The number of allylic oxidation sites excluding steroid dienone is 1. The number of hydrogen-bond acceptors (Lipinski definition) is 3. The van der Waals surface area contributed by atoms with Gasteiger partial charge in [-0.1, -0.05) is 18.9 Å². The lowest BCUT2D eigenvalue weighted by atomic mass is 10.1. The van der Waals surface area contributed by atoms with Crippen molar-refractivity contribution >= 4 is 0 Å². The van der Waals surface area contributed by atoms with Gasteiger partial charge < -0.3 is 5.73 Å². The van der Waals surface area contributed by atoms with Gasteiger partial charge in [-0.25, -0.2) is 0 Å². The Morgan fingerprint density at radius 1 is 1.31 bits per heavy atom. The largest absolute Gasteiger partial charge is 0.323 e.